The van der Waals surface area contributed by atoms with Gasteiger partial charge in [-0.15, -0.1) is 0 Å². The van der Waals surface area contributed by atoms with Crippen LogP contribution in [0.4, 0.5) is 0 Å². The average Bonchev–Trinajstić information content (AvgIpc) is 2.85. The van der Waals surface area contributed by atoms with Crippen LogP contribution in [0.1, 0.15) is 34.2 Å². The van der Waals surface area contributed by atoms with Gasteiger partial charge in [-0.05, 0) is 65.6 Å². The Morgan fingerprint density at radius 1 is 0.895 bits per heavy atom. The molecule has 0 heterocycles. The SMILES string of the molecule is OCc1cc(Cl)cc(Cc2ccc3c(c2)CCC3)c1. The Bertz CT molecular complexity index is 604. The van der Waals surface area contributed by atoms with Gasteiger partial charge >= 0.3 is 0 Å². The second-order valence-corrected chi connectivity index (χ2v) is 5.70. The lowest BCUT2D eigenvalue weighted by Crippen LogP contribution is -1.93. The number of aryl methyl sites for hydroxylation is 2. The minimum atomic E-state index is 0.0394. The maximum absolute atomic E-state index is 9.22. The first-order valence-electron chi connectivity index (χ1n) is 6.74. The first-order valence-corrected chi connectivity index (χ1v) is 7.12. The van der Waals surface area contributed by atoms with Crippen molar-refractivity contribution in [3.63, 3.8) is 0 Å². The van der Waals surface area contributed by atoms with Crippen LogP contribution in [-0.2, 0) is 25.9 Å². The number of fused-ring (bicyclic) bond motifs is 1. The molecule has 1 N–H and O–H groups in total. The smallest absolute Gasteiger partial charge is 0.0682 e. The van der Waals surface area contributed by atoms with Crippen LogP contribution in [0.25, 0.3) is 0 Å². The summed E-state index contributed by atoms with van der Waals surface area (Å²) >= 11 is 6.08. The molecule has 0 radical (unpaired) electrons. The Hall–Kier alpha value is -1.31. The fraction of sp³-hybridized carbons (Fsp3) is 0.294. The van der Waals surface area contributed by atoms with E-state index >= 15 is 0 Å². The molecule has 2 aromatic carbocycles. The van der Waals surface area contributed by atoms with E-state index in [1.165, 1.54) is 36.0 Å². The summed E-state index contributed by atoms with van der Waals surface area (Å²) < 4.78 is 0. The molecule has 0 saturated carbocycles. The van der Waals surface area contributed by atoms with Gasteiger partial charge in [0.05, 0.1) is 6.61 Å². The van der Waals surface area contributed by atoms with E-state index in [4.69, 9.17) is 11.6 Å². The summed E-state index contributed by atoms with van der Waals surface area (Å²) in [6.45, 7) is 0.0394. The Morgan fingerprint density at radius 2 is 1.68 bits per heavy atom. The predicted molar refractivity (Wildman–Crippen MR) is 78.6 cm³/mol. The van der Waals surface area contributed by atoms with Crippen LogP contribution in [0.3, 0.4) is 0 Å². The maximum Gasteiger partial charge on any atom is 0.0682 e. The minimum absolute atomic E-state index is 0.0394. The molecular formula is C17H17ClO. The molecular weight excluding hydrogens is 256 g/mol. The Kier molecular flexibility index (Phi) is 3.58. The van der Waals surface area contributed by atoms with Crippen molar-refractivity contribution in [3.05, 3.63) is 69.2 Å². The fourth-order valence-electron chi connectivity index (χ4n) is 2.88. The third-order valence-corrected chi connectivity index (χ3v) is 3.99. The molecule has 0 amide bonds. The zero-order valence-corrected chi connectivity index (χ0v) is 11.6. The van der Waals surface area contributed by atoms with Crippen molar-refractivity contribution in [3.8, 4) is 0 Å². The van der Waals surface area contributed by atoms with Crippen molar-refractivity contribution in [1.29, 1.82) is 0 Å². The van der Waals surface area contributed by atoms with Crippen molar-refractivity contribution in [2.24, 2.45) is 0 Å². The molecule has 2 heteroatoms. The van der Waals surface area contributed by atoms with Gasteiger partial charge in [0, 0.05) is 5.02 Å². The molecule has 0 aromatic heterocycles. The number of aliphatic hydroxyl groups is 1. The molecule has 0 fully saturated rings. The van der Waals surface area contributed by atoms with Gasteiger partial charge in [-0.1, -0.05) is 35.9 Å². The van der Waals surface area contributed by atoms with E-state index in [1.807, 2.05) is 18.2 Å². The highest BCUT2D eigenvalue weighted by Crippen LogP contribution is 2.25. The largest absolute Gasteiger partial charge is 0.392 e. The molecule has 1 aliphatic carbocycles. The molecule has 1 nitrogen and oxygen atoms in total. The monoisotopic (exact) mass is 272 g/mol. The van der Waals surface area contributed by atoms with Crippen LogP contribution in [-0.4, -0.2) is 5.11 Å². The third kappa shape index (κ3) is 2.83. The van der Waals surface area contributed by atoms with Crippen LogP contribution in [0.15, 0.2) is 36.4 Å². The Labute approximate surface area is 118 Å². The summed E-state index contributed by atoms with van der Waals surface area (Å²) in [6, 6.07) is 12.6. The van der Waals surface area contributed by atoms with E-state index < -0.39 is 0 Å². The molecule has 0 atom stereocenters. The van der Waals surface area contributed by atoms with E-state index in [2.05, 4.69) is 18.2 Å². The van der Waals surface area contributed by atoms with Gasteiger partial charge < -0.3 is 5.11 Å². The second kappa shape index (κ2) is 5.36. The first kappa shape index (κ1) is 12.7. The van der Waals surface area contributed by atoms with Gasteiger partial charge in [0.15, 0.2) is 0 Å². The van der Waals surface area contributed by atoms with E-state index in [9.17, 15) is 5.11 Å². The number of hydrogen-bond donors (Lipinski definition) is 1. The minimum Gasteiger partial charge on any atom is -0.392 e. The summed E-state index contributed by atoms with van der Waals surface area (Å²) in [4.78, 5) is 0. The van der Waals surface area contributed by atoms with Crippen LogP contribution in [0.5, 0.6) is 0 Å². The summed E-state index contributed by atoms with van der Waals surface area (Å²) in [6.07, 6.45) is 4.59. The van der Waals surface area contributed by atoms with E-state index in [1.54, 1.807) is 0 Å². The highest BCUT2D eigenvalue weighted by molar-refractivity contribution is 6.30. The number of halogens is 1. The zero-order chi connectivity index (χ0) is 13.2. The second-order valence-electron chi connectivity index (χ2n) is 5.26. The van der Waals surface area contributed by atoms with Gasteiger partial charge in [-0.25, -0.2) is 0 Å². The summed E-state index contributed by atoms with van der Waals surface area (Å²) in [5.74, 6) is 0. The van der Waals surface area contributed by atoms with Crippen molar-refractivity contribution >= 4 is 11.6 Å². The van der Waals surface area contributed by atoms with E-state index in [0.29, 0.717) is 5.02 Å². The molecule has 0 spiro atoms. The lowest BCUT2D eigenvalue weighted by Gasteiger charge is -2.07. The Balaban J connectivity index is 1.86. The molecule has 0 saturated heterocycles. The molecule has 1 aliphatic rings. The first-order chi connectivity index (χ1) is 9.24. The normalized spacial score (nSPS) is 13.6. The van der Waals surface area contributed by atoms with Crippen LogP contribution >= 0.6 is 11.6 Å². The number of rotatable bonds is 3. The van der Waals surface area contributed by atoms with E-state index in [-0.39, 0.29) is 6.61 Å². The van der Waals surface area contributed by atoms with Gasteiger partial charge in [-0.3, -0.25) is 0 Å². The molecule has 2 aromatic rings. The van der Waals surface area contributed by atoms with Crippen LogP contribution < -0.4 is 0 Å². The van der Waals surface area contributed by atoms with E-state index in [0.717, 1.165) is 17.5 Å². The average molecular weight is 273 g/mol. The van der Waals surface area contributed by atoms with Crippen molar-refractivity contribution in [2.45, 2.75) is 32.3 Å². The van der Waals surface area contributed by atoms with Gasteiger partial charge in [0.25, 0.3) is 0 Å². The van der Waals surface area contributed by atoms with Crippen molar-refractivity contribution < 1.29 is 5.11 Å². The maximum atomic E-state index is 9.22. The Morgan fingerprint density at radius 3 is 2.53 bits per heavy atom. The fourth-order valence-corrected chi connectivity index (χ4v) is 3.16. The molecule has 0 bridgehead atoms. The summed E-state index contributed by atoms with van der Waals surface area (Å²) in [5, 5.41) is 9.92. The van der Waals surface area contributed by atoms with Gasteiger partial charge in [-0.2, -0.15) is 0 Å². The van der Waals surface area contributed by atoms with Crippen molar-refractivity contribution in [1.82, 2.24) is 0 Å². The van der Waals surface area contributed by atoms with Gasteiger partial charge in [0.1, 0.15) is 0 Å². The van der Waals surface area contributed by atoms with Crippen molar-refractivity contribution in [2.75, 3.05) is 0 Å². The predicted octanol–water partition coefficient (Wildman–Crippen LogP) is 3.91. The quantitative estimate of drug-likeness (QED) is 0.898. The molecule has 98 valence electrons. The number of aliphatic hydroxyl groups excluding tert-OH is 1. The summed E-state index contributed by atoms with van der Waals surface area (Å²) in [7, 11) is 0. The molecule has 3 rings (SSSR count). The lowest BCUT2D eigenvalue weighted by atomic mass is 9.99. The topological polar surface area (TPSA) is 20.2 Å². The van der Waals surface area contributed by atoms with Crippen LogP contribution in [0.2, 0.25) is 5.02 Å². The standard InChI is InChI=1S/C17H17ClO/c18-17-9-13(7-14(10-17)11-19)6-12-4-5-15-2-1-3-16(15)8-12/h4-5,7-10,19H,1-3,6,11H2. The highest BCUT2D eigenvalue weighted by Gasteiger charge is 2.11. The molecule has 0 aliphatic heterocycles. The number of hydrogen-bond acceptors (Lipinski definition) is 1. The lowest BCUT2D eigenvalue weighted by molar-refractivity contribution is 0.282. The highest BCUT2D eigenvalue weighted by atomic mass is 35.5. The zero-order valence-electron chi connectivity index (χ0n) is 10.8. The number of benzene rings is 2. The van der Waals surface area contributed by atoms with Gasteiger partial charge in [0.2, 0.25) is 0 Å². The summed E-state index contributed by atoms with van der Waals surface area (Å²) in [5.41, 5.74) is 6.37. The molecule has 0 unspecified atom stereocenters. The molecule has 19 heavy (non-hydrogen) atoms. The third-order valence-electron chi connectivity index (χ3n) is 3.77. The van der Waals surface area contributed by atoms with Crippen LogP contribution in [0, 0.1) is 0 Å².